The van der Waals surface area contributed by atoms with Crippen molar-refractivity contribution in [2.75, 3.05) is 13.6 Å². The second kappa shape index (κ2) is 11.1. The third-order valence-electron chi connectivity index (χ3n) is 6.81. The fraction of sp³-hybridized carbons (Fsp3) is 0.462. The third kappa shape index (κ3) is 5.56. The number of hydrogen-bond acceptors (Lipinski definition) is 5. The third-order valence-corrected chi connectivity index (χ3v) is 9.62. The molecule has 2 fully saturated rings. The molecule has 0 N–H and O–H groups in total. The van der Waals surface area contributed by atoms with Gasteiger partial charge in [-0.3, -0.25) is 4.79 Å². The molecule has 1 saturated carbocycles. The van der Waals surface area contributed by atoms with Crippen LogP contribution in [0, 0.1) is 11.3 Å². The number of ether oxygens (including phenoxy) is 1. The second-order valence-corrected chi connectivity index (χ2v) is 12.5. The quantitative estimate of drug-likeness (QED) is 0.433. The van der Waals surface area contributed by atoms with Crippen molar-refractivity contribution < 1.29 is 17.9 Å². The zero-order valence-corrected chi connectivity index (χ0v) is 22.5. The summed E-state index contributed by atoms with van der Waals surface area (Å²) in [4.78, 5) is 15.5. The van der Waals surface area contributed by atoms with Gasteiger partial charge in [0, 0.05) is 29.7 Å². The van der Waals surface area contributed by atoms with Gasteiger partial charge in [-0.2, -0.15) is 5.26 Å². The first-order valence-electron chi connectivity index (χ1n) is 12.0. The normalized spacial score (nSPS) is 23.5. The average Bonchev–Trinajstić information content (AvgIpc) is 3.70. The lowest BCUT2D eigenvalue weighted by Gasteiger charge is -2.48. The van der Waals surface area contributed by atoms with Crippen LogP contribution in [0.3, 0.4) is 0 Å². The molecule has 36 heavy (non-hydrogen) atoms. The highest BCUT2D eigenvalue weighted by Crippen LogP contribution is 2.45. The molecule has 10 heteroatoms. The van der Waals surface area contributed by atoms with Crippen molar-refractivity contribution in [2.24, 2.45) is 0 Å². The predicted octanol–water partition coefficient (Wildman–Crippen LogP) is 5.12. The summed E-state index contributed by atoms with van der Waals surface area (Å²) in [5.74, 6) is -0.334. The molecule has 2 aliphatic rings. The Morgan fingerprint density at radius 3 is 2.42 bits per heavy atom. The molecule has 1 heterocycles. The molecule has 1 amide bonds. The van der Waals surface area contributed by atoms with Crippen LogP contribution in [0.15, 0.2) is 48.5 Å². The Hall–Kier alpha value is -2.15. The molecule has 7 nitrogen and oxygen atoms in total. The number of sulfonamides is 1. The van der Waals surface area contributed by atoms with E-state index in [1.807, 2.05) is 31.2 Å². The maximum atomic E-state index is 13.8. The summed E-state index contributed by atoms with van der Waals surface area (Å²) in [5, 5.41) is 10.2. The number of benzene rings is 2. The highest BCUT2D eigenvalue weighted by atomic mass is 35.5. The number of hydrogen-bond donors (Lipinski definition) is 0. The van der Waals surface area contributed by atoms with Crippen molar-refractivity contribution in [1.29, 1.82) is 5.26 Å². The smallest absolute Gasteiger partial charge is 0.253 e. The first-order chi connectivity index (χ1) is 17.2. The van der Waals surface area contributed by atoms with Crippen LogP contribution in [0.5, 0.6) is 0 Å². The molecule has 192 valence electrons. The van der Waals surface area contributed by atoms with E-state index >= 15 is 0 Å². The van der Waals surface area contributed by atoms with Gasteiger partial charge in [0.05, 0.1) is 23.8 Å². The first-order valence-corrected chi connectivity index (χ1v) is 14.2. The van der Waals surface area contributed by atoms with E-state index in [0.717, 1.165) is 11.1 Å². The predicted molar refractivity (Wildman–Crippen MR) is 139 cm³/mol. The topological polar surface area (TPSA) is 90.7 Å². The number of amides is 1. The van der Waals surface area contributed by atoms with E-state index in [9.17, 15) is 18.5 Å². The number of likely N-dealkylation sites (N-methyl/N-ethyl adjacent to an activating group) is 1. The van der Waals surface area contributed by atoms with E-state index < -0.39 is 34.3 Å². The second-order valence-electron chi connectivity index (χ2n) is 9.29. The van der Waals surface area contributed by atoms with E-state index in [0.29, 0.717) is 29.3 Å². The van der Waals surface area contributed by atoms with Crippen LogP contribution in [0.2, 0.25) is 10.0 Å². The molecule has 2 aromatic carbocycles. The van der Waals surface area contributed by atoms with Crippen molar-refractivity contribution >= 4 is 39.1 Å². The summed E-state index contributed by atoms with van der Waals surface area (Å²) in [6.07, 6.45) is 0.110. The Labute approximate surface area is 222 Å². The summed E-state index contributed by atoms with van der Waals surface area (Å²) in [5.41, 5.74) is 1.55. The number of halogens is 2. The number of carbonyl (C=O) groups excluding carboxylic acids is 1. The van der Waals surface area contributed by atoms with Crippen molar-refractivity contribution in [1.82, 2.24) is 9.21 Å². The largest absolute Gasteiger partial charge is 0.357 e. The summed E-state index contributed by atoms with van der Waals surface area (Å²) in [6, 6.07) is 15.5. The lowest BCUT2D eigenvalue weighted by Crippen LogP contribution is -2.57. The Bertz CT molecular complexity index is 1240. The van der Waals surface area contributed by atoms with Gasteiger partial charge in [-0.25, -0.2) is 12.7 Å². The average molecular weight is 551 g/mol. The van der Waals surface area contributed by atoms with Gasteiger partial charge < -0.3 is 9.64 Å². The molecule has 0 radical (unpaired) electrons. The number of rotatable bonds is 9. The Morgan fingerprint density at radius 1 is 1.14 bits per heavy atom. The lowest BCUT2D eigenvalue weighted by atomic mass is 9.89. The Kier molecular flexibility index (Phi) is 8.28. The zero-order valence-electron chi connectivity index (χ0n) is 20.2. The van der Waals surface area contributed by atoms with Crippen LogP contribution in [-0.4, -0.2) is 54.5 Å². The molecule has 4 rings (SSSR count). The van der Waals surface area contributed by atoms with Crippen LogP contribution in [0.1, 0.15) is 55.9 Å². The van der Waals surface area contributed by atoms with Gasteiger partial charge >= 0.3 is 0 Å². The van der Waals surface area contributed by atoms with Crippen molar-refractivity contribution in [2.45, 2.75) is 62.1 Å². The fourth-order valence-electron chi connectivity index (χ4n) is 4.76. The van der Waals surface area contributed by atoms with Crippen molar-refractivity contribution in [3.05, 3.63) is 69.7 Å². The lowest BCUT2D eigenvalue weighted by molar-refractivity contribution is -0.179. The summed E-state index contributed by atoms with van der Waals surface area (Å²) in [7, 11) is -1.86. The molecule has 0 aromatic heterocycles. The van der Waals surface area contributed by atoms with Crippen LogP contribution < -0.4 is 0 Å². The SMILES string of the molecule is CC[C@@H](CN(C)S(=O)(=O)C1CC1)N1C(=O)[C@H](CC#N)O[C@H](c2cccc(Cl)c2)[C@H]1c1ccc(Cl)cc1. The highest BCUT2D eigenvalue weighted by Gasteiger charge is 2.47. The van der Waals surface area contributed by atoms with E-state index in [2.05, 4.69) is 6.07 Å². The van der Waals surface area contributed by atoms with Gasteiger partial charge in [0.2, 0.25) is 10.0 Å². The van der Waals surface area contributed by atoms with Crippen LogP contribution in [0.4, 0.5) is 0 Å². The molecule has 1 aliphatic carbocycles. The van der Waals surface area contributed by atoms with E-state index in [1.54, 1.807) is 36.2 Å². The van der Waals surface area contributed by atoms with Crippen LogP contribution >= 0.6 is 23.2 Å². The first kappa shape index (κ1) is 26.9. The minimum Gasteiger partial charge on any atom is -0.357 e. The number of morpholine rings is 1. The van der Waals surface area contributed by atoms with Gasteiger partial charge in [-0.15, -0.1) is 0 Å². The van der Waals surface area contributed by atoms with E-state index in [-0.39, 0.29) is 24.1 Å². The molecule has 1 saturated heterocycles. The molecular weight excluding hydrogens is 521 g/mol. The maximum Gasteiger partial charge on any atom is 0.253 e. The highest BCUT2D eigenvalue weighted by molar-refractivity contribution is 7.90. The molecule has 2 aromatic rings. The van der Waals surface area contributed by atoms with E-state index in [1.165, 1.54) is 4.31 Å². The molecule has 4 atom stereocenters. The van der Waals surface area contributed by atoms with Crippen LogP contribution in [-0.2, 0) is 19.6 Å². The summed E-state index contributed by atoms with van der Waals surface area (Å²) >= 11 is 12.5. The van der Waals surface area contributed by atoms with E-state index in [4.69, 9.17) is 27.9 Å². The molecular formula is C26H29Cl2N3O4S. The Morgan fingerprint density at radius 2 is 1.83 bits per heavy atom. The van der Waals surface area contributed by atoms with Gasteiger partial charge in [-0.05, 0) is 54.7 Å². The molecule has 0 spiro atoms. The minimum absolute atomic E-state index is 0.119. The summed E-state index contributed by atoms with van der Waals surface area (Å²) < 4.78 is 33.5. The van der Waals surface area contributed by atoms with Gasteiger partial charge in [0.25, 0.3) is 5.91 Å². The van der Waals surface area contributed by atoms with Gasteiger partial charge in [0.15, 0.2) is 0 Å². The van der Waals surface area contributed by atoms with Gasteiger partial charge in [0.1, 0.15) is 12.2 Å². The fourth-order valence-corrected chi connectivity index (χ4v) is 6.70. The zero-order chi connectivity index (χ0) is 26.0. The maximum absolute atomic E-state index is 13.8. The number of nitrogens with zero attached hydrogens (tertiary/aromatic N) is 3. The number of carbonyl (C=O) groups is 1. The molecule has 0 bridgehead atoms. The van der Waals surface area contributed by atoms with Crippen molar-refractivity contribution in [3.8, 4) is 6.07 Å². The molecule has 1 aliphatic heterocycles. The van der Waals surface area contributed by atoms with Crippen molar-refractivity contribution in [3.63, 3.8) is 0 Å². The minimum atomic E-state index is -3.43. The molecule has 0 unspecified atom stereocenters. The summed E-state index contributed by atoms with van der Waals surface area (Å²) in [6.45, 7) is 2.07. The standard InChI is InChI=1S/C26H29Cl2N3O4S/c1-3-21(16-30(2)36(33,34)22-11-12-22)31-24(17-7-9-19(27)10-8-17)25(18-5-4-6-20(28)15-18)35-23(13-14-29)26(31)32/h4-10,15,21-25H,3,11-13,16H2,1-2H3/t21-,23-,24+,25+/m0/s1. The van der Waals surface area contributed by atoms with Crippen LogP contribution in [0.25, 0.3) is 0 Å². The van der Waals surface area contributed by atoms with Gasteiger partial charge in [-0.1, -0.05) is 54.4 Å². The monoisotopic (exact) mass is 549 g/mol. The Balaban J connectivity index is 1.81. The number of nitriles is 1.